The van der Waals surface area contributed by atoms with Gasteiger partial charge in [0.1, 0.15) is 11.8 Å². The highest BCUT2D eigenvalue weighted by molar-refractivity contribution is 5.83. The molecule has 163 valence electrons. The Bertz CT molecular complexity index is 800. The van der Waals surface area contributed by atoms with Crippen molar-refractivity contribution in [3.8, 4) is 0 Å². The van der Waals surface area contributed by atoms with Gasteiger partial charge in [-0.3, -0.25) is 0 Å². The van der Waals surface area contributed by atoms with Crippen LogP contribution < -0.4 is 5.32 Å². The quantitative estimate of drug-likeness (QED) is 0.485. The highest BCUT2D eigenvalue weighted by atomic mass is 16.5. The van der Waals surface area contributed by atoms with Gasteiger partial charge in [0.05, 0.1) is 6.61 Å². The van der Waals surface area contributed by atoms with E-state index in [4.69, 9.17) is 10.1 Å². The Morgan fingerprint density at radius 1 is 1.00 bits per heavy atom. The molecule has 0 saturated carbocycles. The van der Waals surface area contributed by atoms with E-state index in [1.807, 2.05) is 0 Å². The van der Waals surface area contributed by atoms with E-state index in [1.54, 1.807) is 0 Å². The molecule has 2 aromatic rings. The van der Waals surface area contributed by atoms with Crippen molar-refractivity contribution < 1.29 is 4.74 Å². The van der Waals surface area contributed by atoms with E-state index in [2.05, 4.69) is 66.3 Å². The molecule has 1 spiro atoms. The molecular formula is C26H38N3O. The SMILES string of the molecule is CCCCCN(CCCCC)N1CCC12[N]CCOC2c1ccc2ccccc2c1. The molecule has 0 amide bonds. The fourth-order valence-corrected chi connectivity index (χ4v) is 5.06. The van der Waals surface area contributed by atoms with E-state index in [9.17, 15) is 0 Å². The molecule has 4 rings (SSSR count). The smallest absolute Gasteiger partial charge is 0.132 e. The first-order chi connectivity index (χ1) is 14.8. The van der Waals surface area contributed by atoms with Crippen LogP contribution in [-0.4, -0.2) is 48.5 Å². The van der Waals surface area contributed by atoms with Gasteiger partial charge in [0.25, 0.3) is 0 Å². The van der Waals surface area contributed by atoms with Gasteiger partial charge in [-0.1, -0.05) is 75.9 Å². The Hall–Kier alpha value is -1.46. The molecule has 4 heteroatoms. The maximum atomic E-state index is 6.44. The third-order valence-corrected chi connectivity index (χ3v) is 6.78. The summed E-state index contributed by atoms with van der Waals surface area (Å²) in [6.45, 7) is 9.46. The van der Waals surface area contributed by atoms with Crippen LogP contribution in [0.15, 0.2) is 42.5 Å². The van der Waals surface area contributed by atoms with Gasteiger partial charge in [-0.05, 0) is 41.7 Å². The molecule has 2 aliphatic rings. The topological polar surface area (TPSA) is 29.8 Å². The van der Waals surface area contributed by atoms with Crippen LogP contribution >= 0.6 is 0 Å². The van der Waals surface area contributed by atoms with E-state index < -0.39 is 0 Å². The predicted octanol–water partition coefficient (Wildman–Crippen LogP) is 5.51. The standard InChI is InChI=1S/C26H38N3O/c1-3-5-9-17-28(18-10-6-4-2)29-19-15-26(29)25(30-20-16-27-26)24-14-13-22-11-7-8-12-23(22)21-24/h7-8,11-14,21,25H,3-6,9-10,15-20H2,1-2H3. The third kappa shape index (κ3) is 4.43. The number of morpholine rings is 1. The maximum Gasteiger partial charge on any atom is 0.132 e. The molecule has 2 aromatic carbocycles. The lowest BCUT2D eigenvalue weighted by Gasteiger charge is -2.60. The van der Waals surface area contributed by atoms with Gasteiger partial charge in [0.2, 0.25) is 0 Å². The summed E-state index contributed by atoms with van der Waals surface area (Å²) < 4.78 is 6.44. The van der Waals surface area contributed by atoms with Gasteiger partial charge < -0.3 is 4.74 Å². The molecular weight excluding hydrogens is 370 g/mol. The second-order valence-corrected chi connectivity index (χ2v) is 8.86. The molecule has 0 aromatic heterocycles. The molecule has 4 nitrogen and oxygen atoms in total. The number of nitrogens with zero attached hydrogens (tertiary/aromatic N) is 3. The number of hydrogen-bond donors (Lipinski definition) is 0. The van der Waals surface area contributed by atoms with Crippen LogP contribution in [-0.2, 0) is 4.74 Å². The first-order valence-electron chi connectivity index (χ1n) is 12.1. The minimum absolute atomic E-state index is 0.0180. The molecule has 2 unspecified atom stereocenters. The maximum absolute atomic E-state index is 6.44. The van der Waals surface area contributed by atoms with Crippen molar-refractivity contribution in [3.05, 3.63) is 48.0 Å². The number of unbranched alkanes of at least 4 members (excludes halogenated alkanes) is 4. The zero-order valence-corrected chi connectivity index (χ0v) is 18.9. The Morgan fingerprint density at radius 3 is 2.40 bits per heavy atom. The molecule has 1 radical (unpaired) electrons. The van der Waals surface area contributed by atoms with E-state index in [1.165, 1.54) is 54.9 Å². The van der Waals surface area contributed by atoms with Crippen LogP contribution in [0.25, 0.3) is 10.8 Å². The summed E-state index contributed by atoms with van der Waals surface area (Å²) in [5, 5.41) is 13.0. The summed E-state index contributed by atoms with van der Waals surface area (Å²) in [4.78, 5) is 0. The number of rotatable bonds is 10. The van der Waals surface area contributed by atoms with Crippen molar-refractivity contribution in [1.29, 1.82) is 0 Å². The van der Waals surface area contributed by atoms with Crippen LogP contribution in [0.2, 0.25) is 0 Å². The van der Waals surface area contributed by atoms with Crippen molar-refractivity contribution >= 4 is 10.8 Å². The zero-order valence-electron chi connectivity index (χ0n) is 18.9. The van der Waals surface area contributed by atoms with Crippen molar-refractivity contribution in [1.82, 2.24) is 15.3 Å². The third-order valence-electron chi connectivity index (χ3n) is 6.78. The summed E-state index contributed by atoms with van der Waals surface area (Å²) >= 11 is 0. The molecule has 0 N–H and O–H groups in total. The first kappa shape index (κ1) is 21.8. The van der Waals surface area contributed by atoms with Crippen LogP contribution in [0.4, 0.5) is 0 Å². The van der Waals surface area contributed by atoms with Crippen molar-refractivity contribution in [2.75, 3.05) is 32.8 Å². The summed E-state index contributed by atoms with van der Waals surface area (Å²) in [5.41, 5.74) is 1.04. The van der Waals surface area contributed by atoms with E-state index >= 15 is 0 Å². The number of benzene rings is 2. The average molecular weight is 409 g/mol. The number of hydrogen-bond acceptors (Lipinski definition) is 3. The van der Waals surface area contributed by atoms with Gasteiger partial charge in [-0.25, -0.2) is 15.3 Å². The summed E-state index contributed by atoms with van der Waals surface area (Å²) in [5.74, 6) is 0. The van der Waals surface area contributed by atoms with E-state index in [0.29, 0.717) is 0 Å². The molecule has 2 heterocycles. The van der Waals surface area contributed by atoms with Gasteiger partial charge in [0, 0.05) is 26.2 Å². The van der Waals surface area contributed by atoms with E-state index in [-0.39, 0.29) is 11.8 Å². The van der Waals surface area contributed by atoms with Crippen LogP contribution in [0, 0.1) is 0 Å². The highest BCUT2D eigenvalue weighted by Crippen LogP contribution is 2.45. The van der Waals surface area contributed by atoms with Gasteiger partial charge in [-0.15, -0.1) is 0 Å². The molecule has 0 bridgehead atoms. The van der Waals surface area contributed by atoms with Crippen molar-refractivity contribution in [3.63, 3.8) is 0 Å². The minimum Gasteiger partial charge on any atom is -0.369 e. The molecule has 0 aliphatic carbocycles. The van der Waals surface area contributed by atoms with Gasteiger partial charge in [-0.2, -0.15) is 0 Å². The molecule has 30 heavy (non-hydrogen) atoms. The second-order valence-electron chi connectivity index (χ2n) is 8.86. The Kier molecular flexibility index (Phi) is 7.42. The molecule has 2 aliphatic heterocycles. The summed E-state index contributed by atoms with van der Waals surface area (Å²) in [6, 6.07) is 15.4. The van der Waals surface area contributed by atoms with Crippen LogP contribution in [0.3, 0.4) is 0 Å². The molecule has 2 saturated heterocycles. The summed E-state index contributed by atoms with van der Waals surface area (Å²) in [7, 11) is 0. The first-order valence-corrected chi connectivity index (χ1v) is 12.1. The molecule has 2 atom stereocenters. The average Bonchev–Trinajstić information content (AvgIpc) is 2.78. The predicted molar refractivity (Wildman–Crippen MR) is 124 cm³/mol. The fraction of sp³-hybridized carbons (Fsp3) is 0.615. The monoisotopic (exact) mass is 408 g/mol. The molecule has 2 fully saturated rings. The Morgan fingerprint density at radius 2 is 1.73 bits per heavy atom. The lowest BCUT2D eigenvalue weighted by Crippen LogP contribution is -2.74. The van der Waals surface area contributed by atoms with Crippen LogP contribution in [0.1, 0.15) is 70.5 Å². The van der Waals surface area contributed by atoms with Crippen LogP contribution in [0.5, 0.6) is 0 Å². The lowest BCUT2D eigenvalue weighted by atomic mass is 9.84. The Balaban J connectivity index is 1.58. The fourth-order valence-electron chi connectivity index (χ4n) is 5.06. The number of hydrazine groups is 1. The Labute approximate surface area is 182 Å². The normalized spacial score (nSPS) is 24.6. The van der Waals surface area contributed by atoms with Gasteiger partial charge >= 0.3 is 0 Å². The van der Waals surface area contributed by atoms with Crippen molar-refractivity contribution in [2.45, 2.75) is 70.6 Å². The number of fused-ring (bicyclic) bond motifs is 1. The minimum atomic E-state index is -0.223. The van der Waals surface area contributed by atoms with Gasteiger partial charge in [0.15, 0.2) is 0 Å². The number of ether oxygens (including phenoxy) is 1. The highest BCUT2D eigenvalue weighted by Gasteiger charge is 2.56. The van der Waals surface area contributed by atoms with E-state index in [0.717, 1.165) is 39.2 Å². The zero-order chi connectivity index (χ0) is 20.8. The largest absolute Gasteiger partial charge is 0.369 e. The summed E-state index contributed by atoms with van der Waals surface area (Å²) in [6.07, 6.45) is 8.75. The lowest BCUT2D eigenvalue weighted by molar-refractivity contribution is -0.259. The second kappa shape index (κ2) is 10.2. The van der Waals surface area contributed by atoms with Crippen molar-refractivity contribution in [2.24, 2.45) is 0 Å².